The summed E-state index contributed by atoms with van der Waals surface area (Å²) in [5, 5.41) is 10.7. The van der Waals surface area contributed by atoms with Crippen LogP contribution in [0.5, 0.6) is 0 Å². The summed E-state index contributed by atoms with van der Waals surface area (Å²) in [6.45, 7) is 3.59. The number of hydrogen-bond acceptors (Lipinski definition) is 3. The lowest BCUT2D eigenvalue weighted by atomic mass is 9.84. The Morgan fingerprint density at radius 1 is 1.26 bits per heavy atom. The van der Waals surface area contributed by atoms with Crippen molar-refractivity contribution in [2.75, 3.05) is 6.54 Å². The number of aldehydes is 1. The average molecular weight is 261 g/mol. The van der Waals surface area contributed by atoms with Crippen LogP contribution in [0.2, 0.25) is 0 Å². The van der Waals surface area contributed by atoms with E-state index >= 15 is 0 Å². The molecule has 4 heteroatoms. The highest BCUT2D eigenvalue weighted by atomic mass is 16.6. The van der Waals surface area contributed by atoms with Crippen molar-refractivity contribution in [3.05, 3.63) is 52.1 Å². The maximum Gasteiger partial charge on any atom is 0.210 e. The Hall–Kier alpha value is -1.97. The normalized spacial score (nSPS) is 14.5. The van der Waals surface area contributed by atoms with E-state index in [0.717, 1.165) is 11.8 Å². The Kier molecular flexibility index (Phi) is 5.93. The molecule has 0 radical (unpaired) electrons. The second-order valence-corrected chi connectivity index (χ2v) is 4.91. The van der Waals surface area contributed by atoms with E-state index < -0.39 is 0 Å². The Labute approximate surface area is 113 Å². The van der Waals surface area contributed by atoms with Crippen LogP contribution < -0.4 is 0 Å². The van der Waals surface area contributed by atoms with Gasteiger partial charge in [0.25, 0.3) is 0 Å². The summed E-state index contributed by atoms with van der Waals surface area (Å²) in [4.78, 5) is 21.5. The first-order valence-electron chi connectivity index (χ1n) is 6.35. The Bertz CT molecular complexity index is 440. The van der Waals surface area contributed by atoms with Crippen molar-refractivity contribution in [3.63, 3.8) is 0 Å². The standard InChI is InChI=1S/C15H19NO3/c1-12(2)15(11-17)14(10-16(18)19)9-8-13-6-4-3-5-7-13/h3-9,11-12,14-15H,10H2,1-2H3/b9-8+/t14-,15-/m0/s1. The molecule has 1 aromatic carbocycles. The van der Waals surface area contributed by atoms with Crippen LogP contribution in [-0.4, -0.2) is 17.8 Å². The van der Waals surface area contributed by atoms with Gasteiger partial charge in [-0.3, -0.25) is 10.1 Å². The van der Waals surface area contributed by atoms with Crippen LogP contribution in [-0.2, 0) is 4.79 Å². The Morgan fingerprint density at radius 2 is 1.89 bits per heavy atom. The molecule has 0 N–H and O–H groups in total. The molecule has 0 aliphatic rings. The van der Waals surface area contributed by atoms with Gasteiger partial charge in [-0.05, 0) is 11.5 Å². The lowest BCUT2D eigenvalue weighted by Gasteiger charge is -2.19. The minimum atomic E-state index is -0.368. The molecule has 0 saturated heterocycles. The van der Waals surface area contributed by atoms with Gasteiger partial charge in [-0.1, -0.05) is 56.3 Å². The van der Waals surface area contributed by atoms with Gasteiger partial charge in [0.1, 0.15) is 6.29 Å². The summed E-state index contributed by atoms with van der Waals surface area (Å²) >= 11 is 0. The van der Waals surface area contributed by atoms with Crippen molar-refractivity contribution in [2.45, 2.75) is 13.8 Å². The molecule has 19 heavy (non-hydrogen) atoms. The molecule has 1 rings (SSSR count). The number of hydrogen-bond donors (Lipinski definition) is 0. The predicted molar refractivity (Wildman–Crippen MR) is 75.2 cm³/mol. The van der Waals surface area contributed by atoms with Crippen molar-refractivity contribution in [2.24, 2.45) is 17.8 Å². The van der Waals surface area contributed by atoms with Gasteiger partial charge in [0.05, 0.1) is 5.92 Å². The first-order chi connectivity index (χ1) is 9.04. The maximum absolute atomic E-state index is 11.1. The zero-order chi connectivity index (χ0) is 14.3. The van der Waals surface area contributed by atoms with Crippen LogP contribution in [0.4, 0.5) is 0 Å². The molecule has 1 aromatic rings. The van der Waals surface area contributed by atoms with Gasteiger partial charge in [-0.25, -0.2) is 0 Å². The van der Waals surface area contributed by atoms with E-state index in [2.05, 4.69) is 0 Å². The number of nitro groups is 1. The molecule has 0 unspecified atom stereocenters. The summed E-state index contributed by atoms with van der Waals surface area (Å²) in [6, 6.07) is 9.56. The van der Waals surface area contributed by atoms with Crippen LogP contribution >= 0.6 is 0 Å². The SMILES string of the molecule is CC(C)[C@H](C=O)[C@@H](/C=C/c1ccccc1)C[N+](=O)[O-]. The van der Waals surface area contributed by atoms with Crippen molar-refractivity contribution in [1.29, 1.82) is 0 Å². The monoisotopic (exact) mass is 261 g/mol. The fourth-order valence-electron chi connectivity index (χ4n) is 2.03. The van der Waals surface area contributed by atoms with Gasteiger partial charge >= 0.3 is 0 Å². The van der Waals surface area contributed by atoms with Crippen molar-refractivity contribution >= 4 is 12.4 Å². The fraction of sp³-hybridized carbons (Fsp3) is 0.400. The van der Waals surface area contributed by atoms with Crippen LogP contribution in [0.3, 0.4) is 0 Å². The van der Waals surface area contributed by atoms with Gasteiger partial charge in [0.2, 0.25) is 6.54 Å². The first kappa shape index (κ1) is 15.1. The zero-order valence-corrected chi connectivity index (χ0v) is 11.2. The molecule has 0 aliphatic heterocycles. The maximum atomic E-state index is 11.1. The van der Waals surface area contributed by atoms with E-state index in [1.54, 1.807) is 6.08 Å². The third-order valence-electron chi connectivity index (χ3n) is 3.12. The molecule has 0 fully saturated rings. The number of carbonyl (C=O) groups is 1. The predicted octanol–water partition coefficient (Wildman–Crippen LogP) is 3.06. The molecule has 0 bridgehead atoms. The van der Waals surface area contributed by atoms with Crippen LogP contribution in [0, 0.1) is 27.9 Å². The van der Waals surface area contributed by atoms with E-state index in [1.165, 1.54) is 0 Å². The third kappa shape index (κ3) is 5.04. The second kappa shape index (κ2) is 7.46. The van der Waals surface area contributed by atoms with Crippen molar-refractivity contribution in [1.82, 2.24) is 0 Å². The Morgan fingerprint density at radius 3 is 2.37 bits per heavy atom. The third-order valence-corrected chi connectivity index (χ3v) is 3.12. The molecule has 0 saturated carbocycles. The van der Waals surface area contributed by atoms with Gasteiger partial charge in [-0.2, -0.15) is 0 Å². The zero-order valence-electron chi connectivity index (χ0n) is 11.2. The molecule has 0 amide bonds. The summed E-state index contributed by atoms with van der Waals surface area (Å²) in [7, 11) is 0. The molecule has 102 valence electrons. The molecule has 0 heterocycles. The van der Waals surface area contributed by atoms with E-state index in [-0.39, 0.29) is 29.2 Å². The van der Waals surface area contributed by atoms with Crippen molar-refractivity contribution in [3.8, 4) is 0 Å². The van der Waals surface area contributed by atoms with E-state index in [4.69, 9.17) is 0 Å². The minimum Gasteiger partial charge on any atom is -0.303 e. The molecule has 0 aliphatic carbocycles. The smallest absolute Gasteiger partial charge is 0.210 e. The highest BCUT2D eigenvalue weighted by molar-refractivity contribution is 5.57. The van der Waals surface area contributed by atoms with Gasteiger partial charge in [0.15, 0.2) is 0 Å². The number of nitrogens with zero attached hydrogens (tertiary/aromatic N) is 1. The first-order valence-corrected chi connectivity index (χ1v) is 6.35. The molecular weight excluding hydrogens is 242 g/mol. The quantitative estimate of drug-likeness (QED) is 0.430. The van der Waals surface area contributed by atoms with Crippen molar-refractivity contribution < 1.29 is 9.72 Å². The van der Waals surface area contributed by atoms with Gasteiger partial charge in [0, 0.05) is 10.8 Å². The summed E-state index contributed by atoms with van der Waals surface area (Å²) in [5.41, 5.74) is 0.976. The highest BCUT2D eigenvalue weighted by Gasteiger charge is 2.26. The molecular formula is C15H19NO3. The topological polar surface area (TPSA) is 60.2 Å². The fourth-order valence-corrected chi connectivity index (χ4v) is 2.03. The Balaban J connectivity index is 2.88. The van der Waals surface area contributed by atoms with Crippen LogP contribution in [0.1, 0.15) is 19.4 Å². The van der Waals surface area contributed by atoms with E-state index in [1.807, 2.05) is 50.3 Å². The summed E-state index contributed by atoms with van der Waals surface area (Å²) < 4.78 is 0. The summed E-state index contributed by atoms with van der Waals surface area (Å²) in [6.07, 6.45) is 4.44. The average Bonchev–Trinajstić information content (AvgIpc) is 2.36. The molecule has 0 aromatic heterocycles. The molecule has 4 nitrogen and oxygen atoms in total. The van der Waals surface area contributed by atoms with E-state index in [9.17, 15) is 14.9 Å². The molecule has 2 atom stereocenters. The van der Waals surface area contributed by atoms with Gasteiger partial charge in [-0.15, -0.1) is 0 Å². The second-order valence-electron chi connectivity index (χ2n) is 4.91. The van der Waals surface area contributed by atoms with Crippen LogP contribution in [0.15, 0.2) is 36.4 Å². The van der Waals surface area contributed by atoms with E-state index in [0.29, 0.717) is 0 Å². The number of rotatable bonds is 7. The number of carbonyl (C=O) groups excluding carboxylic acids is 1. The van der Waals surface area contributed by atoms with Crippen LogP contribution in [0.25, 0.3) is 6.08 Å². The minimum absolute atomic E-state index is 0.0860. The molecule has 0 spiro atoms. The van der Waals surface area contributed by atoms with Gasteiger partial charge < -0.3 is 4.79 Å². The number of benzene rings is 1. The largest absolute Gasteiger partial charge is 0.303 e. The summed E-state index contributed by atoms with van der Waals surface area (Å²) in [5.74, 6) is -0.610. The highest BCUT2D eigenvalue weighted by Crippen LogP contribution is 2.21. The lowest BCUT2D eigenvalue weighted by Crippen LogP contribution is -2.26. The lowest BCUT2D eigenvalue weighted by molar-refractivity contribution is -0.487.